The van der Waals surface area contributed by atoms with Crippen LogP contribution in [0, 0.1) is 0 Å². The molecule has 0 aliphatic carbocycles. The second-order valence-electron chi connectivity index (χ2n) is 4.91. The molecular formula is C14H22N2O2. The first-order valence-electron chi connectivity index (χ1n) is 6.62. The van der Waals surface area contributed by atoms with Gasteiger partial charge in [0, 0.05) is 13.7 Å². The number of rotatable bonds is 4. The minimum Gasteiger partial charge on any atom is -0.387 e. The Hall–Kier alpha value is -1.13. The highest BCUT2D eigenvalue weighted by atomic mass is 16.5. The number of likely N-dealkylation sites (N-methyl/N-ethyl adjacent to an activating group) is 1. The smallest absolute Gasteiger partial charge is 0.0957 e. The summed E-state index contributed by atoms with van der Waals surface area (Å²) in [6, 6.07) is 4.33. The first-order chi connectivity index (χ1) is 8.63. The van der Waals surface area contributed by atoms with Crippen molar-refractivity contribution in [2.24, 2.45) is 0 Å². The normalized spacial score (nSPS) is 25.1. The fourth-order valence-corrected chi connectivity index (χ4v) is 2.43. The Bertz CT molecular complexity index is 380. The van der Waals surface area contributed by atoms with Crippen LogP contribution in [0.1, 0.15) is 38.5 Å². The van der Waals surface area contributed by atoms with Crippen LogP contribution in [0.15, 0.2) is 18.3 Å². The monoisotopic (exact) mass is 250 g/mol. The highest BCUT2D eigenvalue weighted by molar-refractivity contribution is 5.45. The van der Waals surface area contributed by atoms with Crippen LogP contribution in [0.25, 0.3) is 0 Å². The summed E-state index contributed by atoms with van der Waals surface area (Å²) >= 11 is 0. The lowest BCUT2D eigenvalue weighted by atomic mass is 10.1. The van der Waals surface area contributed by atoms with E-state index in [1.807, 2.05) is 25.3 Å². The van der Waals surface area contributed by atoms with Crippen molar-refractivity contribution in [1.29, 1.82) is 0 Å². The van der Waals surface area contributed by atoms with Crippen molar-refractivity contribution in [1.82, 2.24) is 4.98 Å². The van der Waals surface area contributed by atoms with E-state index >= 15 is 0 Å². The standard InChI is InChI=1S/C14H22N2O2/c1-4-14(17)12-6-5-11(9-15-12)16(3)13-7-8-18-10(13)2/h5-6,9-10,13-14,17H,4,7-8H2,1-3H3/t10?,13?,14-/m0/s1. The summed E-state index contributed by atoms with van der Waals surface area (Å²) in [5.41, 5.74) is 1.81. The molecule has 0 radical (unpaired) electrons. The molecule has 2 heterocycles. The van der Waals surface area contributed by atoms with Crippen LogP contribution in [0.5, 0.6) is 0 Å². The fourth-order valence-electron chi connectivity index (χ4n) is 2.43. The van der Waals surface area contributed by atoms with Gasteiger partial charge in [-0.1, -0.05) is 6.92 Å². The molecule has 1 fully saturated rings. The molecule has 0 bridgehead atoms. The molecule has 0 saturated carbocycles. The number of aromatic nitrogens is 1. The molecule has 1 N–H and O–H groups in total. The predicted molar refractivity (Wildman–Crippen MR) is 71.7 cm³/mol. The second-order valence-corrected chi connectivity index (χ2v) is 4.91. The number of hydrogen-bond donors (Lipinski definition) is 1. The number of nitrogens with zero attached hydrogens (tertiary/aromatic N) is 2. The molecule has 100 valence electrons. The van der Waals surface area contributed by atoms with E-state index in [0.29, 0.717) is 12.5 Å². The van der Waals surface area contributed by atoms with Gasteiger partial charge in [-0.3, -0.25) is 4.98 Å². The van der Waals surface area contributed by atoms with Crippen molar-refractivity contribution in [2.75, 3.05) is 18.6 Å². The molecule has 1 aromatic heterocycles. The summed E-state index contributed by atoms with van der Waals surface area (Å²) in [7, 11) is 2.07. The SMILES string of the molecule is CC[C@H](O)c1ccc(N(C)C2CCOC2C)cn1. The van der Waals surface area contributed by atoms with Crippen LogP contribution in [0.4, 0.5) is 5.69 Å². The number of aliphatic hydroxyl groups excluding tert-OH is 1. The van der Waals surface area contributed by atoms with E-state index < -0.39 is 6.10 Å². The zero-order chi connectivity index (χ0) is 13.1. The van der Waals surface area contributed by atoms with Gasteiger partial charge >= 0.3 is 0 Å². The van der Waals surface area contributed by atoms with Crippen LogP contribution in [-0.2, 0) is 4.74 Å². The van der Waals surface area contributed by atoms with Crippen LogP contribution in [-0.4, -0.2) is 35.9 Å². The Labute approximate surface area is 109 Å². The number of ether oxygens (including phenoxy) is 1. The largest absolute Gasteiger partial charge is 0.387 e. The minimum atomic E-state index is -0.460. The average molecular weight is 250 g/mol. The lowest BCUT2D eigenvalue weighted by Crippen LogP contribution is -2.36. The Morgan fingerprint density at radius 2 is 2.33 bits per heavy atom. The van der Waals surface area contributed by atoms with Gasteiger partial charge in [-0.25, -0.2) is 0 Å². The highest BCUT2D eigenvalue weighted by Gasteiger charge is 2.28. The minimum absolute atomic E-state index is 0.260. The molecule has 1 saturated heterocycles. The first-order valence-corrected chi connectivity index (χ1v) is 6.62. The molecular weight excluding hydrogens is 228 g/mol. The summed E-state index contributed by atoms with van der Waals surface area (Å²) in [4.78, 5) is 6.55. The molecule has 4 nitrogen and oxygen atoms in total. The van der Waals surface area contributed by atoms with E-state index in [9.17, 15) is 5.11 Å². The number of anilines is 1. The summed E-state index contributed by atoms with van der Waals surface area (Å²) in [6.45, 7) is 4.89. The highest BCUT2D eigenvalue weighted by Crippen LogP contribution is 2.24. The summed E-state index contributed by atoms with van der Waals surface area (Å²) < 4.78 is 5.59. The van der Waals surface area contributed by atoms with Crippen LogP contribution in [0.2, 0.25) is 0 Å². The Morgan fingerprint density at radius 3 is 2.83 bits per heavy atom. The van der Waals surface area contributed by atoms with E-state index in [1.165, 1.54) is 0 Å². The second kappa shape index (κ2) is 5.67. The molecule has 1 aliphatic rings. The van der Waals surface area contributed by atoms with Gasteiger partial charge < -0.3 is 14.7 Å². The van der Waals surface area contributed by atoms with Gasteiger partial charge in [0.05, 0.1) is 35.8 Å². The zero-order valence-electron chi connectivity index (χ0n) is 11.3. The van der Waals surface area contributed by atoms with Crippen LogP contribution < -0.4 is 4.90 Å². The Kier molecular flexibility index (Phi) is 4.19. The van der Waals surface area contributed by atoms with Gasteiger partial charge in [0.25, 0.3) is 0 Å². The third-order valence-electron chi connectivity index (χ3n) is 3.74. The van der Waals surface area contributed by atoms with Crippen molar-refractivity contribution in [2.45, 2.75) is 44.9 Å². The van der Waals surface area contributed by atoms with Gasteiger partial charge in [0.1, 0.15) is 0 Å². The maximum Gasteiger partial charge on any atom is 0.0957 e. The fraction of sp³-hybridized carbons (Fsp3) is 0.643. The summed E-state index contributed by atoms with van der Waals surface area (Å²) in [5.74, 6) is 0. The summed E-state index contributed by atoms with van der Waals surface area (Å²) in [6.07, 6.45) is 3.38. The Morgan fingerprint density at radius 1 is 1.56 bits per heavy atom. The van der Waals surface area contributed by atoms with E-state index in [0.717, 1.165) is 24.4 Å². The van der Waals surface area contributed by atoms with Gasteiger partial charge in [0.2, 0.25) is 0 Å². The van der Waals surface area contributed by atoms with Gasteiger partial charge in [0.15, 0.2) is 0 Å². The van der Waals surface area contributed by atoms with Crippen molar-refractivity contribution in [3.8, 4) is 0 Å². The van der Waals surface area contributed by atoms with Gasteiger partial charge in [-0.15, -0.1) is 0 Å². The van der Waals surface area contributed by atoms with Gasteiger partial charge in [-0.2, -0.15) is 0 Å². The lowest BCUT2D eigenvalue weighted by molar-refractivity contribution is 0.118. The molecule has 0 aromatic carbocycles. The number of pyridine rings is 1. The van der Waals surface area contributed by atoms with E-state index in [-0.39, 0.29) is 6.10 Å². The average Bonchev–Trinajstić information content (AvgIpc) is 2.83. The maximum atomic E-state index is 9.72. The van der Waals surface area contributed by atoms with E-state index in [1.54, 1.807) is 0 Å². The molecule has 0 spiro atoms. The number of aliphatic hydroxyl groups is 1. The van der Waals surface area contributed by atoms with Crippen LogP contribution >= 0.6 is 0 Å². The van der Waals surface area contributed by atoms with Gasteiger partial charge in [-0.05, 0) is 31.9 Å². The van der Waals surface area contributed by atoms with Crippen molar-refractivity contribution < 1.29 is 9.84 Å². The zero-order valence-corrected chi connectivity index (χ0v) is 11.3. The van der Waals surface area contributed by atoms with Crippen LogP contribution in [0.3, 0.4) is 0 Å². The molecule has 2 rings (SSSR count). The third kappa shape index (κ3) is 2.65. The Balaban J connectivity index is 2.09. The molecule has 3 atom stereocenters. The molecule has 1 aromatic rings. The maximum absolute atomic E-state index is 9.72. The van der Waals surface area contributed by atoms with Crippen molar-refractivity contribution in [3.05, 3.63) is 24.0 Å². The quantitative estimate of drug-likeness (QED) is 0.889. The topological polar surface area (TPSA) is 45.6 Å². The first kappa shape index (κ1) is 13.3. The molecule has 18 heavy (non-hydrogen) atoms. The molecule has 4 heteroatoms. The van der Waals surface area contributed by atoms with E-state index in [4.69, 9.17) is 4.74 Å². The lowest BCUT2D eigenvalue weighted by Gasteiger charge is -2.28. The van der Waals surface area contributed by atoms with Crippen molar-refractivity contribution >= 4 is 5.69 Å². The van der Waals surface area contributed by atoms with Crippen molar-refractivity contribution in [3.63, 3.8) is 0 Å². The third-order valence-corrected chi connectivity index (χ3v) is 3.74. The molecule has 2 unspecified atom stereocenters. The molecule has 1 aliphatic heterocycles. The predicted octanol–water partition coefficient (Wildman–Crippen LogP) is 2.14. The molecule has 0 amide bonds. The number of hydrogen-bond acceptors (Lipinski definition) is 4. The van der Waals surface area contributed by atoms with E-state index in [2.05, 4.69) is 23.9 Å². The summed E-state index contributed by atoms with van der Waals surface area (Å²) in [5, 5.41) is 9.72.